The molecule has 6 heteroatoms. The molecule has 13 heavy (non-hydrogen) atoms. The average molecular weight is 177 g/mol. The second-order valence-electron chi connectivity index (χ2n) is 2.81. The first kappa shape index (κ1) is 8.21. The Morgan fingerprint density at radius 2 is 1.92 bits per heavy atom. The van der Waals surface area contributed by atoms with Crippen molar-refractivity contribution in [2.45, 2.75) is 0 Å². The molecule has 1 aromatic heterocycles. The van der Waals surface area contributed by atoms with E-state index in [9.17, 15) is 0 Å². The zero-order chi connectivity index (χ0) is 9.42. The minimum Gasteiger partial charge on any atom is -0.423 e. The number of aryl methyl sites for hydroxylation is 1. The van der Waals surface area contributed by atoms with Gasteiger partial charge < -0.3 is 10.0 Å². The molecule has 1 aromatic carbocycles. The number of hydrogen-bond donors (Lipinski definition) is 2. The van der Waals surface area contributed by atoms with Gasteiger partial charge >= 0.3 is 7.12 Å². The minimum absolute atomic E-state index is 0.424. The molecule has 0 spiro atoms. The summed E-state index contributed by atoms with van der Waals surface area (Å²) in [6, 6.07) is 4.92. The molecule has 0 radical (unpaired) electrons. The van der Waals surface area contributed by atoms with Crippen LogP contribution >= 0.6 is 0 Å². The Labute approximate surface area is 74.8 Å². The molecule has 0 bridgehead atoms. The van der Waals surface area contributed by atoms with Crippen molar-refractivity contribution in [2.24, 2.45) is 7.05 Å². The fourth-order valence-electron chi connectivity index (χ4n) is 1.20. The Morgan fingerprint density at radius 1 is 1.23 bits per heavy atom. The highest BCUT2D eigenvalue weighted by Gasteiger charge is 2.12. The van der Waals surface area contributed by atoms with Gasteiger partial charge in [-0.1, -0.05) is 6.07 Å². The van der Waals surface area contributed by atoms with Crippen molar-refractivity contribution in [3.8, 4) is 0 Å². The topological polar surface area (TPSA) is 71.2 Å². The summed E-state index contributed by atoms with van der Waals surface area (Å²) >= 11 is 0. The predicted octanol–water partition coefficient (Wildman–Crippen LogP) is -1.35. The Balaban J connectivity index is 2.61. The van der Waals surface area contributed by atoms with Crippen molar-refractivity contribution < 1.29 is 10.0 Å². The van der Waals surface area contributed by atoms with E-state index >= 15 is 0 Å². The zero-order valence-electron chi connectivity index (χ0n) is 7.05. The lowest BCUT2D eigenvalue weighted by molar-refractivity contribution is 0.426. The van der Waals surface area contributed by atoms with Crippen LogP contribution in [0.5, 0.6) is 0 Å². The maximum atomic E-state index is 8.89. The van der Waals surface area contributed by atoms with Crippen molar-refractivity contribution >= 4 is 23.6 Å². The van der Waals surface area contributed by atoms with Gasteiger partial charge in [0, 0.05) is 7.05 Å². The largest absolute Gasteiger partial charge is 0.488 e. The van der Waals surface area contributed by atoms with E-state index in [4.69, 9.17) is 10.0 Å². The second-order valence-corrected chi connectivity index (χ2v) is 2.81. The lowest BCUT2D eigenvalue weighted by atomic mass is 9.80. The van der Waals surface area contributed by atoms with Crippen LogP contribution in [-0.2, 0) is 7.05 Å². The summed E-state index contributed by atoms with van der Waals surface area (Å²) in [6.45, 7) is 0. The van der Waals surface area contributed by atoms with Crippen LogP contribution in [0.25, 0.3) is 11.0 Å². The summed E-state index contributed by atoms with van der Waals surface area (Å²) in [6.07, 6.45) is 0. The Hall–Kier alpha value is -1.40. The fourth-order valence-corrected chi connectivity index (χ4v) is 1.20. The summed E-state index contributed by atoms with van der Waals surface area (Å²) < 4.78 is 0. The first-order valence-electron chi connectivity index (χ1n) is 3.84. The number of rotatable bonds is 1. The first-order valence-corrected chi connectivity index (χ1v) is 3.84. The first-order chi connectivity index (χ1) is 6.16. The van der Waals surface area contributed by atoms with Gasteiger partial charge in [-0.05, 0) is 17.6 Å². The van der Waals surface area contributed by atoms with Gasteiger partial charge in [0.05, 0.1) is 0 Å². The van der Waals surface area contributed by atoms with Crippen LogP contribution in [0, 0.1) is 0 Å². The smallest absolute Gasteiger partial charge is 0.423 e. The molecule has 5 nitrogen and oxygen atoms in total. The Morgan fingerprint density at radius 3 is 2.62 bits per heavy atom. The summed E-state index contributed by atoms with van der Waals surface area (Å²) in [7, 11) is 0.265. The van der Waals surface area contributed by atoms with Gasteiger partial charge in [-0.2, -0.15) is 15.0 Å². The Bertz CT molecular complexity index is 440. The molecule has 0 aliphatic carbocycles. The van der Waals surface area contributed by atoms with E-state index in [0.29, 0.717) is 11.0 Å². The lowest BCUT2D eigenvalue weighted by Crippen LogP contribution is -2.29. The quantitative estimate of drug-likeness (QED) is 0.528. The minimum atomic E-state index is -1.45. The average Bonchev–Trinajstić information content (AvgIpc) is 2.42. The molecule has 2 aromatic rings. The summed E-state index contributed by atoms with van der Waals surface area (Å²) in [5.74, 6) is 0. The fraction of sp³-hybridized carbons (Fsp3) is 0.143. The molecule has 0 aliphatic heterocycles. The van der Waals surface area contributed by atoms with E-state index in [0.717, 1.165) is 5.52 Å². The summed E-state index contributed by atoms with van der Waals surface area (Å²) in [5.41, 5.74) is 1.83. The highest BCUT2D eigenvalue weighted by Crippen LogP contribution is 2.04. The molecule has 0 saturated carbocycles. The number of aromatic nitrogens is 3. The van der Waals surface area contributed by atoms with E-state index in [1.54, 1.807) is 25.2 Å². The van der Waals surface area contributed by atoms with Crippen LogP contribution in [0.2, 0.25) is 0 Å². The van der Waals surface area contributed by atoms with Crippen molar-refractivity contribution in [1.82, 2.24) is 15.0 Å². The van der Waals surface area contributed by atoms with E-state index in [-0.39, 0.29) is 0 Å². The van der Waals surface area contributed by atoms with Gasteiger partial charge in [-0.25, -0.2) is 0 Å². The standard InChI is InChI=1S/C7H8BN3O2/c1-11-9-6-3-2-5(8(12)13)4-7(6)10-11/h2-4,12-13H,1H3. The molecule has 0 saturated heterocycles. The van der Waals surface area contributed by atoms with E-state index in [1.807, 2.05) is 0 Å². The highest BCUT2D eigenvalue weighted by atomic mass is 16.4. The van der Waals surface area contributed by atoms with Crippen molar-refractivity contribution in [3.05, 3.63) is 18.2 Å². The van der Waals surface area contributed by atoms with Gasteiger partial charge in [0.1, 0.15) is 11.0 Å². The zero-order valence-corrected chi connectivity index (χ0v) is 7.05. The number of hydrogen-bond acceptors (Lipinski definition) is 4. The molecule has 0 atom stereocenters. The molecule has 2 N–H and O–H groups in total. The van der Waals surface area contributed by atoms with Crippen LogP contribution < -0.4 is 5.46 Å². The van der Waals surface area contributed by atoms with Gasteiger partial charge in [-0.15, -0.1) is 0 Å². The third-order valence-electron chi connectivity index (χ3n) is 1.80. The van der Waals surface area contributed by atoms with Crippen LogP contribution in [0.4, 0.5) is 0 Å². The molecule has 0 unspecified atom stereocenters. The van der Waals surface area contributed by atoms with Gasteiger partial charge in [0.25, 0.3) is 0 Å². The Kier molecular flexibility index (Phi) is 1.79. The van der Waals surface area contributed by atoms with E-state index in [1.165, 1.54) is 4.80 Å². The monoisotopic (exact) mass is 177 g/mol. The molecule has 66 valence electrons. The van der Waals surface area contributed by atoms with Gasteiger partial charge in [-0.3, -0.25) is 0 Å². The molecule has 2 rings (SSSR count). The lowest BCUT2D eigenvalue weighted by Gasteiger charge is -1.95. The molecule has 0 amide bonds. The molecule has 1 heterocycles. The second kappa shape index (κ2) is 2.83. The third kappa shape index (κ3) is 1.41. The van der Waals surface area contributed by atoms with E-state index < -0.39 is 7.12 Å². The number of nitrogens with zero attached hydrogens (tertiary/aromatic N) is 3. The van der Waals surface area contributed by atoms with Crippen molar-refractivity contribution in [1.29, 1.82) is 0 Å². The summed E-state index contributed by atoms with van der Waals surface area (Å²) in [4.78, 5) is 1.44. The third-order valence-corrected chi connectivity index (χ3v) is 1.80. The van der Waals surface area contributed by atoms with Gasteiger partial charge in [0.2, 0.25) is 0 Å². The number of fused-ring (bicyclic) bond motifs is 1. The van der Waals surface area contributed by atoms with E-state index in [2.05, 4.69) is 10.2 Å². The normalized spacial score (nSPS) is 10.7. The number of benzene rings is 1. The van der Waals surface area contributed by atoms with Gasteiger partial charge in [0.15, 0.2) is 0 Å². The van der Waals surface area contributed by atoms with Crippen LogP contribution in [0.15, 0.2) is 18.2 Å². The van der Waals surface area contributed by atoms with Crippen LogP contribution in [0.1, 0.15) is 0 Å². The van der Waals surface area contributed by atoms with Crippen LogP contribution in [-0.4, -0.2) is 32.2 Å². The maximum Gasteiger partial charge on any atom is 0.488 e. The maximum absolute atomic E-state index is 8.89. The SMILES string of the molecule is Cn1nc2ccc(B(O)O)cc2n1. The summed E-state index contributed by atoms with van der Waals surface area (Å²) in [5, 5.41) is 25.9. The van der Waals surface area contributed by atoms with Crippen LogP contribution in [0.3, 0.4) is 0 Å². The van der Waals surface area contributed by atoms with Crippen molar-refractivity contribution in [2.75, 3.05) is 0 Å². The molecular formula is C7H8BN3O2. The van der Waals surface area contributed by atoms with Crippen molar-refractivity contribution in [3.63, 3.8) is 0 Å². The highest BCUT2D eigenvalue weighted by molar-refractivity contribution is 6.58. The molecule has 0 aliphatic rings. The molecular weight excluding hydrogens is 169 g/mol. The predicted molar refractivity (Wildman–Crippen MR) is 48.3 cm³/mol. The molecule has 0 fully saturated rings.